The Labute approximate surface area is 153 Å². The van der Waals surface area contributed by atoms with Crippen LogP contribution < -0.4 is 10.5 Å². The fraction of sp³-hybridized carbons (Fsp3) is 0.0500. The second-order valence-corrected chi connectivity index (χ2v) is 5.78. The van der Waals surface area contributed by atoms with Crippen LogP contribution in [0.5, 0.6) is 5.75 Å². The van der Waals surface area contributed by atoms with Crippen molar-refractivity contribution in [1.29, 1.82) is 5.26 Å². The first-order valence-corrected chi connectivity index (χ1v) is 7.81. The summed E-state index contributed by atoms with van der Waals surface area (Å²) in [4.78, 5) is 23.0. The maximum atomic E-state index is 13.7. The van der Waals surface area contributed by atoms with Gasteiger partial charge in [-0.3, -0.25) is 4.79 Å². The van der Waals surface area contributed by atoms with E-state index in [1.54, 1.807) is 6.07 Å². The summed E-state index contributed by atoms with van der Waals surface area (Å²) in [5.41, 5.74) is 6.06. The molecule has 0 heterocycles. The summed E-state index contributed by atoms with van der Waals surface area (Å²) in [6, 6.07) is 13.0. The Balaban J connectivity index is 2.02. The Bertz CT molecular complexity index is 1120. The minimum atomic E-state index is -1.25. The first-order chi connectivity index (χ1) is 12.9. The first kappa shape index (κ1) is 17.9. The number of hydrogen-bond donors (Lipinski definition) is 2. The maximum Gasteiger partial charge on any atom is 0.339 e. The maximum absolute atomic E-state index is 13.7. The van der Waals surface area contributed by atoms with Crippen molar-refractivity contribution in [2.45, 2.75) is 6.61 Å². The number of nitriles is 1. The summed E-state index contributed by atoms with van der Waals surface area (Å²) in [5, 5.41) is 19.3. The van der Waals surface area contributed by atoms with Gasteiger partial charge in [-0.25, -0.2) is 9.18 Å². The average Bonchev–Trinajstić information content (AvgIpc) is 2.65. The topological polar surface area (TPSA) is 113 Å². The normalized spacial score (nSPS) is 10.4. The highest BCUT2D eigenvalue weighted by Gasteiger charge is 2.14. The largest absolute Gasteiger partial charge is 0.488 e. The van der Waals surface area contributed by atoms with Gasteiger partial charge in [0.25, 0.3) is 0 Å². The summed E-state index contributed by atoms with van der Waals surface area (Å²) in [6.45, 7) is -0.118. The number of nitrogens with zero attached hydrogens (tertiary/aromatic N) is 1. The van der Waals surface area contributed by atoms with Gasteiger partial charge in [0.2, 0.25) is 5.91 Å². The molecule has 0 radical (unpaired) electrons. The standard InChI is InChI=1S/C20H13FN2O4/c21-15-3-2-12-6-13(19(23)24)7-14(16(12)8-15)10-27-18-4-1-11(9-22)5-17(18)20(25)26/h1-8H,10H2,(H2,23,24)(H,25,26). The molecule has 0 atom stereocenters. The quantitative estimate of drug-likeness (QED) is 0.721. The fourth-order valence-corrected chi connectivity index (χ4v) is 2.72. The van der Waals surface area contributed by atoms with Crippen LogP contribution in [-0.2, 0) is 6.61 Å². The van der Waals surface area contributed by atoms with Crippen molar-refractivity contribution in [2.24, 2.45) is 5.73 Å². The number of nitrogens with two attached hydrogens (primary N) is 1. The molecule has 0 aliphatic carbocycles. The van der Waals surface area contributed by atoms with Crippen LogP contribution >= 0.6 is 0 Å². The van der Waals surface area contributed by atoms with E-state index in [2.05, 4.69) is 0 Å². The van der Waals surface area contributed by atoms with Crippen LogP contribution in [0.1, 0.15) is 31.8 Å². The number of carboxylic acid groups (broad SMARTS) is 1. The predicted molar refractivity (Wildman–Crippen MR) is 94.9 cm³/mol. The van der Waals surface area contributed by atoms with Crippen molar-refractivity contribution in [2.75, 3.05) is 0 Å². The van der Waals surface area contributed by atoms with Gasteiger partial charge >= 0.3 is 5.97 Å². The van der Waals surface area contributed by atoms with Gasteiger partial charge in [0.15, 0.2) is 0 Å². The van der Waals surface area contributed by atoms with Crippen LogP contribution in [0.2, 0.25) is 0 Å². The van der Waals surface area contributed by atoms with Gasteiger partial charge in [-0.2, -0.15) is 5.26 Å². The summed E-state index contributed by atoms with van der Waals surface area (Å²) < 4.78 is 19.3. The van der Waals surface area contributed by atoms with Gasteiger partial charge in [0.05, 0.1) is 11.6 Å². The average molecular weight is 364 g/mol. The Kier molecular flexibility index (Phi) is 4.73. The lowest BCUT2D eigenvalue weighted by molar-refractivity contribution is 0.0691. The number of carboxylic acids is 1. The SMILES string of the molecule is N#Cc1ccc(OCc2cc(C(N)=O)cc3ccc(F)cc23)c(C(=O)O)c1. The van der Waals surface area contributed by atoms with E-state index in [0.717, 1.165) is 0 Å². The van der Waals surface area contributed by atoms with Crippen molar-refractivity contribution in [1.82, 2.24) is 0 Å². The molecule has 1 amide bonds. The zero-order chi connectivity index (χ0) is 19.6. The smallest absolute Gasteiger partial charge is 0.339 e. The minimum absolute atomic E-state index is 0.0514. The Hall–Kier alpha value is -3.92. The van der Waals surface area contributed by atoms with E-state index in [4.69, 9.17) is 15.7 Å². The van der Waals surface area contributed by atoms with Crippen LogP contribution in [0.4, 0.5) is 4.39 Å². The Morgan fingerprint density at radius 1 is 1.15 bits per heavy atom. The summed E-state index contributed by atoms with van der Waals surface area (Å²) in [7, 11) is 0. The van der Waals surface area contributed by atoms with Gasteiger partial charge in [-0.15, -0.1) is 0 Å². The molecule has 134 valence electrons. The van der Waals surface area contributed by atoms with Gasteiger partial charge in [-0.05, 0) is 58.8 Å². The lowest BCUT2D eigenvalue weighted by atomic mass is 10.0. The van der Waals surface area contributed by atoms with Crippen molar-refractivity contribution < 1.29 is 23.8 Å². The molecule has 3 rings (SSSR count). The Morgan fingerprint density at radius 2 is 1.93 bits per heavy atom. The molecule has 3 N–H and O–H groups in total. The highest BCUT2D eigenvalue weighted by Crippen LogP contribution is 2.26. The van der Waals surface area contributed by atoms with Crippen LogP contribution in [-0.4, -0.2) is 17.0 Å². The number of carbonyl (C=O) groups is 2. The highest BCUT2D eigenvalue weighted by atomic mass is 19.1. The molecule has 0 aliphatic rings. The van der Waals surface area contributed by atoms with Gasteiger partial charge in [0.1, 0.15) is 23.7 Å². The zero-order valence-electron chi connectivity index (χ0n) is 13.9. The molecular weight excluding hydrogens is 351 g/mol. The number of benzene rings is 3. The van der Waals surface area contributed by atoms with Crippen LogP contribution in [0.15, 0.2) is 48.5 Å². The molecule has 3 aromatic rings. The lowest BCUT2D eigenvalue weighted by Crippen LogP contribution is -2.12. The van der Waals surface area contributed by atoms with Gasteiger partial charge in [0, 0.05) is 5.56 Å². The van der Waals surface area contributed by atoms with E-state index in [1.165, 1.54) is 42.5 Å². The fourth-order valence-electron chi connectivity index (χ4n) is 2.72. The molecule has 0 bridgehead atoms. The van der Waals surface area contributed by atoms with Crippen molar-refractivity contribution in [3.8, 4) is 11.8 Å². The summed E-state index contributed by atoms with van der Waals surface area (Å²) in [6.07, 6.45) is 0. The third kappa shape index (κ3) is 3.70. The highest BCUT2D eigenvalue weighted by molar-refractivity contribution is 5.99. The van der Waals surface area contributed by atoms with E-state index in [1.807, 2.05) is 6.07 Å². The van der Waals surface area contributed by atoms with Gasteiger partial charge in [-0.1, -0.05) is 6.07 Å². The summed E-state index contributed by atoms with van der Waals surface area (Å²) >= 11 is 0. The summed E-state index contributed by atoms with van der Waals surface area (Å²) in [5.74, 6) is -2.30. The van der Waals surface area contributed by atoms with E-state index in [-0.39, 0.29) is 29.0 Å². The van der Waals surface area contributed by atoms with Crippen LogP contribution in [0, 0.1) is 17.1 Å². The molecule has 0 aromatic heterocycles. The number of rotatable bonds is 5. The molecule has 27 heavy (non-hydrogen) atoms. The number of fused-ring (bicyclic) bond motifs is 1. The van der Waals surface area contributed by atoms with Crippen molar-refractivity contribution in [3.05, 3.63) is 76.6 Å². The predicted octanol–water partition coefficient (Wildman–Crippen LogP) is 3.23. The number of ether oxygens (including phenoxy) is 1. The second-order valence-electron chi connectivity index (χ2n) is 5.78. The van der Waals surface area contributed by atoms with E-state index < -0.39 is 17.7 Å². The number of amides is 1. The molecule has 0 fully saturated rings. The van der Waals surface area contributed by atoms with E-state index in [9.17, 15) is 19.1 Å². The van der Waals surface area contributed by atoms with E-state index >= 15 is 0 Å². The third-order valence-electron chi connectivity index (χ3n) is 4.01. The van der Waals surface area contributed by atoms with E-state index in [0.29, 0.717) is 16.3 Å². The Morgan fingerprint density at radius 3 is 2.59 bits per heavy atom. The molecule has 6 nitrogen and oxygen atoms in total. The third-order valence-corrected chi connectivity index (χ3v) is 4.01. The monoisotopic (exact) mass is 364 g/mol. The number of primary amides is 1. The first-order valence-electron chi connectivity index (χ1n) is 7.81. The number of halogens is 1. The number of aromatic carboxylic acids is 1. The lowest BCUT2D eigenvalue weighted by Gasteiger charge is -2.13. The van der Waals surface area contributed by atoms with Crippen molar-refractivity contribution in [3.63, 3.8) is 0 Å². The zero-order valence-corrected chi connectivity index (χ0v) is 13.9. The number of carbonyl (C=O) groups excluding carboxylic acids is 1. The number of hydrogen-bond acceptors (Lipinski definition) is 4. The molecule has 0 spiro atoms. The molecule has 7 heteroatoms. The molecule has 3 aromatic carbocycles. The van der Waals surface area contributed by atoms with Crippen LogP contribution in [0.25, 0.3) is 10.8 Å². The molecule has 0 aliphatic heterocycles. The minimum Gasteiger partial charge on any atom is -0.488 e. The molecule has 0 saturated heterocycles. The van der Waals surface area contributed by atoms with Gasteiger partial charge < -0.3 is 15.6 Å². The second kappa shape index (κ2) is 7.14. The van der Waals surface area contributed by atoms with Crippen molar-refractivity contribution >= 4 is 22.6 Å². The molecule has 0 unspecified atom stereocenters. The molecule has 0 saturated carbocycles. The van der Waals surface area contributed by atoms with Crippen LogP contribution in [0.3, 0.4) is 0 Å². The molecular formula is C20H13FN2O4.